The minimum atomic E-state index is -0.275. The molecule has 6 heteroatoms. The third kappa shape index (κ3) is 3.85. The van der Waals surface area contributed by atoms with Gasteiger partial charge in [-0.05, 0) is 52.9 Å². The molecular weight excluding hydrogens is 432 g/mol. The summed E-state index contributed by atoms with van der Waals surface area (Å²) in [5.41, 5.74) is 5.46. The molecule has 1 aliphatic heterocycles. The van der Waals surface area contributed by atoms with Crippen LogP contribution < -0.4 is 18.9 Å². The molecule has 174 valence electrons. The molecule has 0 N–H and O–H groups in total. The highest BCUT2D eigenvalue weighted by molar-refractivity contribution is 6.05. The molecule has 0 bridgehead atoms. The molecule has 0 spiro atoms. The minimum Gasteiger partial charge on any atom is -0.493 e. The molecule has 6 nitrogen and oxygen atoms in total. The Hall–Kier alpha value is -3.93. The van der Waals surface area contributed by atoms with Gasteiger partial charge in [0.25, 0.3) is 0 Å². The monoisotopic (exact) mass is 458 g/mol. The predicted molar refractivity (Wildman–Crippen MR) is 127 cm³/mol. The van der Waals surface area contributed by atoms with Crippen LogP contribution in [0.3, 0.4) is 0 Å². The minimum absolute atomic E-state index is 0.0103. The van der Waals surface area contributed by atoms with E-state index in [0.29, 0.717) is 48.2 Å². The zero-order valence-electron chi connectivity index (χ0n) is 19.4. The first-order valence-electron chi connectivity index (χ1n) is 11.1. The average molecular weight is 459 g/mol. The van der Waals surface area contributed by atoms with Crippen molar-refractivity contribution >= 4 is 11.5 Å². The molecule has 5 rings (SSSR count). The molecule has 2 aliphatic rings. The largest absolute Gasteiger partial charge is 0.493 e. The van der Waals surface area contributed by atoms with Crippen molar-refractivity contribution in [3.05, 3.63) is 88.5 Å². The quantitative estimate of drug-likeness (QED) is 0.473. The van der Waals surface area contributed by atoms with Crippen LogP contribution in [0.25, 0.3) is 5.57 Å². The first-order chi connectivity index (χ1) is 16.6. The Morgan fingerprint density at radius 1 is 0.853 bits per heavy atom. The summed E-state index contributed by atoms with van der Waals surface area (Å²) in [4.78, 5) is 12.8. The van der Waals surface area contributed by atoms with Crippen molar-refractivity contribution in [2.45, 2.75) is 13.0 Å². The van der Waals surface area contributed by atoms with Crippen LogP contribution in [0.2, 0.25) is 0 Å². The van der Waals surface area contributed by atoms with E-state index < -0.39 is 0 Å². The number of esters is 1. The summed E-state index contributed by atoms with van der Waals surface area (Å²) in [6.07, 6.45) is 0.697. The number of fused-ring (bicyclic) bond motifs is 2. The molecule has 0 saturated carbocycles. The van der Waals surface area contributed by atoms with E-state index in [9.17, 15) is 4.79 Å². The molecule has 0 amide bonds. The first kappa shape index (κ1) is 21.9. The van der Waals surface area contributed by atoms with E-state index in [1.54, 1.807) is 21.3 Å². The lowest BCUT2D eigenvalue weighted by Gasteiger charge is -2.26. The van der Waals surface area contributed by atoms with Gasteiger partial charge in [-0.2, -0.15) is 0 Å². The number of carbonyl (C=O) groups excluding carboxylic acids is 1. The van der Waals surface area contributed by atoms with Gasteiger partial charge in [-0.3, -0.25) is 0 Å². The maximum absolute atomic E-state index is 12.8. The zero-order valence-corrected chi connectivity index (χ0v) is 19.4. The Morgan fingerprint density at radius 3 is 2.32 bits per heavy atom. The van der Waals surface area contributed by atoms with Crippen LogP contribution in [0.1, 0.15) is 22.3 Å². The molecule has 1 fully saturated rings. The van der Waals surface area contributed by atoms with E-state index >= 15 is 0 Å². The molecule has 3 aromatic rings. The highest BCUT2D eigenvalue weighted by Gasteiger charge is 2.39. The standard InChI is InChI=1S/C28H26O6/c1-30-22-10-9-18(12-23(22)31-2)26-21-14-25(33-15-17-7-5-4-6-8-17)24(32-3)13-19(21)11-20-16-34-28(29)27(20)26/h4-10,12-14,20H,11,15-16H2,1-3H3. The van der Waals surface area contributed by atoms with Crippen molar-refractivity contribution < 1.29 is 28.5 Å². The van der Waals surface area contributed by atoms with Crippen LogP contribution >= 0.6 is 0 Å². The molecule has 1 aliphatic carbocycles. The predicted octanol–water partition coefficient (Wildman–Crippen LogP) is 4.82. The Bertz CT molecular complexity index is 1260. The topological polar surface area (TPSA) is 63.2 Å². The number of hydrogen-bond acceptors (Lipinski definition) is 6. The highest BCUT2D eigenvalue weighted by atomic mass is 16.5. The van der Waals surface area contributed by atoms with Crippen molar-refractivity contribution in [1.29, 1.82) is 0 Å². The molecule has 0 radical (unpaired) electrons. The first-order valence-corrected chi connectivity index (χ1v) is 11.1. The van der Waals surface area contributed by atoms with Crippen LogP contribution in [-0.4, -0.2) is 33.9 Å². The normalized spacial score (nSPS) is 16.4. The van der Waals surface area contributed by atoms with E-state index in [1.807, 2.05) is 60.7 Å². The number of benzene rings is 3. The van der Waals surface area contributed by atoms with Gasteiger partial charge in [0.15, 0.2) is 23.0 Å². The van der Waals surface area contributed by atoms with Gasteiger partial charge in [0.05, 0.1) is 33.5 Å². The van der Waals surface area contributed by atoms with E-state index in [2.05, 4.69) is 0 Å². The second kappa shape index (κ2) is 9.14. The van der Waals surface area contributed by atoms with Crippen molar-refractivity contribution in [3.63, 3.8) is 0 Å². The summed E-state index contributed by atoms with van der Waals surface area (Å²) in [7, 11) is 4.84. The molecule has 34 heavy (non-hydrogen) atoms. The number of ether oxygens (including phenoxy) is 5. The van der Waals surface area contributed by atoms with Crippen LogP contribution in [-0.2, 0) is 22.6 Å². The molecule has 1 saturated heterocycles. The molecule has 0 aromatic heterocycles. The second-order valence-electron chi connectivity index (χ2n) is 8.29. The smallest absolute Gasteiger partial charge is 0.335 e. The van der Waals surface area contributed by atoms with E-state index in [-0.39, 0.29) is 11.9 Å². The average Bonchev–Trinajstić information content (AvgIpc) is 3.25. The van der Waals surface area contributed by atoms with Gasteiger partial charge >= 0.3 is 5.97 Å². The van der Waals surface area contributed by atoms with Crippen LogP contribution in [0.4, 0.5) is 0 Å². The van der Waals surface area contributed by atoms with Gasteiger partial charge in [-0.1, -0.05) is 36.4 Å². The Kier molecular flexibility index (Phi) is 5.88. The maximum atomic E-state index is 12.8. The fourth-order valence-corrected chi connectivity index (χ4v) is 4.70. The Morgan fingerprint density at radius 2 is 1.59 bits per heavy atom. The molecule has 3 aromatic carbocycles. The highest BCUT2D eigenvalue weighted by Crippen LogP contribution is 2.47. The summed E-state index contributed by atoms with van der Waals surface area (Å²) in [5.74, 6) is 2.22. The third-order valence-electron chi connectivity index (χ3n) is 6.35. The number of rotatable bonds is 7. The van der Waals surface area contributed by atoms with E-state index in [1.165, 1.54) is 0 Å². The fourth-order valence-electron chi connectivity index (χ4n) is 4.70. The van der Waals surface area contributed by atoms with Crippen LogP contribution in [0.15, 0.2) is 66.2 Å². The van der Waals surface area contributed by atoms with Crippen molar-refractivity contribution in [2.24, 2.45) is 5.92 Å². The summed E-state index contributed by atoms with van der Waals surface area (Å²) >= 11 is 0. The second-order valence-corrected chi connectivity index (χ2v) is 8.29. The SMILES string of the molecule is COc1ccc(C2=C3C(=O)OCC3Cc3cc(OC)c(OCc4ccccc4)cc32)cc1OC. The van der Waals surface area contributed by atoms with Crippen molar-refractivity contribution in [1.82, 2.24) is 0 Å². The number of methoxy groups -OCH3 is 3. The van der Waals surface area contributed by atoms with Gasteiger partial charge < -0.3 is 23.7 Å². The van der Waals surface area contributed by atoms with Gasteiger partial charge in [-0.25, -0.2) is 4.79 Å². The number of cyclic esters (lactones) is 1. The summed E-state index contributed by atoms with van der Waals surface area (Å²) in [6.45, 7) is 0.780. The lowest BCUT2D eigenvalue weighted by atomic mass is 9.77. The number of hydrogen-bond donors (Lipinski definition) is 0. The molecule has 1 unspecified atom stereocenters. The van der Waals surface area contributed by atoms with E-state index in [4.69, 9.17) is 23.7 Å². The number of carbonyl (C=O) groups is 1. The van der Waals surface area contributed by atoms with Crippen molar-refractivity contribution in [3.8, 4) is 23.0 Å². The third-order valence-corrected chi connectivity index (χ3v) is 6.35. The van der Waals surface area contributed by atoms with Gasteiger partial charge in [0.2, 0.25) is 0 Å². The van der Waals surface area contributed by atoms with Crippen LogP contribution in [0, 0.1) is 5.92 Å². The fraction of sp³-hybridized carbons (Fsp3) is 0.250. The summed E-state index contributed by atoms with van der Waals surface area (Å²) < 4.78 is 28.2. The van der Waals surface area contributed by atoms with Crippen molar-refractivity contribution in [2.75, 3.05) is 27.9 Å². The Balaban J connectivity index is 1.64. The van der Waals surface area contributed by atoms with Gasteiger partial charge in [0.1, 0.15) is 6.61 Å². The van der Waals surface area contributed by atoms with Gasteiger partial charge in [0, 0.05) is 11.5 Å². The zero-order chi connectivity index (χ0) is 23.7. The maximum Gasteiger partial charge on any atom is 0.335 e. The van der Waals surface area contributed by atoms with Gasteiger partial charge in [-0.15, -0.1) is 0 Å². The molecular formula is C28H26O6. The molecule has 1 heterocycles. The lowest BCUT2D eigenvalue weighted by molar-refractivity contribution is -0.135. The summed E-state index contributed by atoms with van der Waals surface area (Å²) in [5, 5.41) is 0. The Labute approximate surface area is 198 Å². The lowest BCUT2D eigenvalue weighted by Crippen LogP contribution is -2.17. The molecule has 1 atom stereocenters. The van der Waals surface area contributed by atoms with E-state index in [0.717, 1.165) is 27.8 Å². The summed E-state index contributed by atoms with van der Waals surface area (Å²) in [6, 6.07) is 19.6. The van der Waals surface area contributed by atoms with Crippen LogP contribution in [0.5, 0.6) is 23.0 Å².